The van der Waals surface area contributed by atoms with Gasteiger partial charge < -0.3 is 15.0 Å². The first kappa shape index (κ1) is 12.9. The highest BCUT2D eigenvalue weighted by Crippen LogP contribution is 2.28. The van der Waals surface area contributed by atoms with Gasteiger partial charge >= 0.3 is 0 Å². The fraction of sp³-hybridized carbons (Fsp3) is 0.333. The average Bonchev–Trinajstić information content (AvgIpc) is 3.00. The number of nitrogen functional groups attached to an aromatic ring is 1. The topological polar surface area (TPSA) is 74.2 Å². The van der Waals surface area contributed by atoms with E-state index in [-0.39, 0.29) is 18.5 Å². The third-order valence-corrected chi connectivity index (χ3v) is 2.82. The minimum Gasteiger partial charge on any atom is -0.399 e. The number of nitrogens with zero attached hydrogens (tertiary/aromatic N) is 2. The summed E-state index contributed by atoms with van der Waals surface area (Å²) in [5, 5.41) is 3.95. The van der Waals surface area contributed by atoms with Crippen molar-refractivity contribution in [2.24, 2.45) is 0 Å². The Morgan fingerprint density at radius 2 is 2.00 bits per heavy atom. The number of benzene rings is 1. The normalized spacial score (nSPS) is 18.6. The van der Waals surface area contributed by atoms with Gasteiger partial charge in [0.2, 0.25) is 5.82 Å². The molecular weight excluding hydrogens is 254 g/mol. The van der Waals surface area contributed by atoms with Crippen LogP contribution in [0.15, 0.2) is 28.8 Å². The van der Waals surface area contributed by atoms with Crippen LogP contribution in [0.3, 0.4) is 0 Å². The SMILES string of the molecule is Cl.Nc1ccc(-c2nc(C3CCCO3)no2)cc1. The lowest BCUT2D eigenvalue weighted by atomic mass is 10.2. The van der Waals surface area contributed by atoms with E-state index >= 15 is 0 Å². The van der Waals surface area contributed by atoms with E-state index in [9.17, 15) is 0 Å². The van der Waals surface area contributed by atoms with Gasteiger partial charge in [-0.15, -0.1) is 12.4 Å². The number of hydrogen-bond donors (Lipinski definition) is 1. The molecule has 1 aliphatic rings. The van der Waals surface area contributed by atoms with E-state index in [0.717, 1.165) is 25.0 Å². The first-order valence-corrected chi connectivity index (χ1v) is 5.64. The van der Waals surface area contributed by atoms with E-state index in [4.69, 9.17) is 15.0 Å². The molecule has 0 aliphatic carbocycles. The number of nitrogens with two attached hydrogens (primary N) is 1. The molecule has 1 aromatic carbocycles. The Bertz CT molecular complexity index is 506. The number of ether oxygens (including phenoxy) is 1. The fourth-order valence-electron chi connectivity index (χ4n) is 1.89. The average molecular weight is 268 g/mol. The summed E-state index contributed by atoms with van der Waals surface area (Å²) in [5.74, 6) is 1.14. The highest BCUT2D eigenvalue weighted by Gasteiger charge is 2.23. The molecule has 5 nitrogen and oxygen atoms in total. The molecule has 1 aliphatic heterocycles. The summed E-state index contributed by atoms with van der Waals surface area (Å²) in [6.45, 7) is 0.774. The van der Waals surface area contributed by atoms with Crippen LogP contribution in [-0.2, 0) is 4.74 Å². The van der Waals surface area contributed by atoms with Crippen LogP contribution in [0.4, 0.5) is 5.69 Å². The van der Waals surface area contributed by atoms with E-state index in [1.54, 1.807) is 0 Å². The second-order valence-electron chi connectivity index (χ2n) is 4.08. The van der Waals surface area contributed by atoms with Gasteiger partial charge in [-0.25, -0.2) is 0 Å². The Morgan fingerprint density at radius 3 is 2.67 bits per heavy atom. The fourth-order valence-corrected chi connectivity index (χ4v) is 1.89. The second-order valence-corrected chi connectivity index (χ2v) is 4.08. The first-order chi connectivity index (χ1) is 8.33. The van der Waals surface area contributed by atoms with Crippen LogP contribution in [0.25, 0.3) is 11.5 Å². The lowest BCUT2D eigenvalue weighted by Crippen LogP contribution is -1.97. The molecule has 96 valence electrons. The third kappa shape index (κ3) is 2.47. The van der Waals surface area contributed by atoms with Crippen molar-refractivity contribution in [2.75, 3.05) is 12.3 Å². The van der Waals surface area contributed by atoms with E-state index in [1.807, 2.05) is 24.3 Å². The first-order valence-electron chi connectivity index (χ1n) is 5.64. The number of halogens is 1. The van der Waals surface area contributed by atoms with Crippen molar-refractivity contribution in [2.45, 2.75) is 18.9 Å². The van der Waals surface area contributed by atoms with Gasteiger partial charge in [0.1, 0.15) is 6.10 Å². The zero-order valence-corrected chi connectivity index (χ0v) is 10.5. The van der Waals surface area contributed by atoms with Crippen molar-refractivity contribution in [3.63, 3.8) is 0 Å². The molecule has 6 heteroatoms. The Morgan fingerprint density at radius 1 is 1.22 bits per heavy atom. The summed E-state index contributed by atoms with van der Waals surface area (Å²) in [7, 11) is 0. The van der Waals surface area contributed by atoms with E-state index in [0.29, 0.717) is 17.4 Å². The Labute approximate surface area is 111 Å². The summed E-state index contributed by atoms with van der Waals surface area (Å²) in [6.07, 6.45) is 2.00. The number of rotatable bonds is 2. The lowest BCUT2D eigenvalue weighted by molar-refractivity contribution is 0.103. The van der Waals surface area contributed by atoms with Gasteiger partial charge in [0.15, 0.2) is 0 Å². The van der Waals surface area contributed by atoms with Gasteiger partial charge in [-0.05, 0) is 37.1 Å². The molecular formula is C12H14ClN3O2. The van der Waals surface area contributed by atoms with Crippen molar-refractivity contribution in [1.29, 1.82) is 0 Å². The van der Waals surface area contributed by atoms with E-state index < -0.39 is 0 Å². The minimum absolute atomic E-state index is 0. The Hall–Kier alpha value is -1.59. The van der Waals surface area contributed by atoms with Gasteiger partial charge in [-0.1, -0.05) is 5.16 Å². The smallest absolute Gasteiger partial charge is 0.258 e. The maximum absolute atomic E-state index is 5.62. The molecule has 1 unspecified atom stereocenters. The molecule has 18 heavy (non-hydrogen) atoms. The number of anilines is 1. The van der Waals surface area contributed by atoms with Crippen LogP contribution in [0.2, 0.25) is 0 Å². The van der Waals surface area contributed by atoms with Crippen LogP contribution in [0.5, 0.6) is 0 Å². The van der Waals surface area contributed by atoms with Gasteiger partial charge in [-0.2, -0.15) is 4.98 Å². The number of hydrogen-bond acceptors (Lipinski definition) is 5. The van der Waals surface area contributed by atoms with Crippen molar-refractivity contribution in [1.82, 2.24) is 10.1 Å². The maximum atomic E-state index is 5.62. The largest absolute Gasteiger partial charge is 0.399 e. The zero-order chi connectivity index (χ0) is 11.7. The predicted octanol–water partition coefficient (Wildman–Crippen LogP) is 2.59. The van der Waals surface area contributed by atoms with Crippen LogP contribution in [-0.4, -0.2) is 16.7 Å². The zero-order valence-electron chi connectivity index (χ0n) is 9.70. The molecule has 2 N–H and O–H groups in total. The molecule has 0 radical (unpaired) electrons. The molecule has 1 saturated heterocycles. The lowest BCUT2D eigenvalue weighted by Gasteiger charge is -2.00. The van der Waals surface area contributed by atoms with Gasteiger partial charge in [0, 0.05) is 17.9 Å². The van der Waals surface area contributed by atoms with Gasteiger partial charge in [0.25, 0.3) is 5.89 Å². The van der Waals surface area contributed by atoms with Crippen molar-refractivity contribution < 1.29 is 9.26 Å². The summed E-state index contributed by atoms with van der Waals surface area (Å²) < 4.78 is 10.7. The molecule has 0 bridgehead atoms. The maximum Gasteiger partial charge on any atom is 0.258 e. The monoisotopic (exact) mass is 267 g/mol. The highest BCUT2D eigenvalue weighted by molar-refractivity contribution is 5.85. The van der Waals surface area contributed by atoms with Crippen LogP contribution in [0.1, 0.15) is 24.8 Å². The van der Waals surface area contributed by atoms with Crippen molar-refractivity contribution >= 4 is 18.1 Å². The van der Waals surface area contributed by atoms with Crippen molar-refractivity contribution in [3.8, 4) is 11.5 Å². The molecule has 1 aromatic heterocycles. The number of aromatic nitrogens is 2. The van der Waals surface area contributed by atoms with E-state index in [1.165, 1.54) is 0 Å². The molecule has 0 spiro atoms. The molecule has 2 heterocycles. The quantitative estimate of drug-likeness (QED) is 0.847. The summed E-state index contributed by atoms with van der Waals surface area (Å²) >= 11 is 0. The summed E-state index contributed by atoms with van der Waals surface area (Å²) in [5.41, 5.74) is 7.21. The minimum atomic E-state index is -0.0127. The molecule has 0 amide bonds. The standard InChI is InChI=1S/C12H13N3O2.ClH/c13-9-5-3-8(4-6-9)12-14-11(15-17-12)10-2-1-7-16-10;/h3-6,10H,1-2,7,13H2;1H. The highest BCUT2D eigenvalue weighted by atomic mass is 35.5. The third-order valence-electron chi connectivity index (χ3n) is 2.82. The summed E-state index contributed by atoms with van der Waals surface area (Å²) in [4.78, 5) is 4.35. The summed E-state index contributed by atoms with van der Waals surface area (Å²) in [6, 6.07) is 7.35. The Balaban J connectivity index is 0.00000120. The van der Waals surface area contributed by atoms with Gasteiger partial charge in [0.05, 0.1) is 0 Å². The molecule has 3 rings (SSSR count). The van der Waals surface area contributed by atoms with Crippen LogP contribution >= 0.6 is 12.4 Å². The Kier molecular flexibility index (Phi) is 3.84. The molecule has 2 aromatic rings. The molecule has 1 fully saturated rings. The van der Waals surface area contributed by atoms with Crippen LogP contribution < -0.4 is 5.73 Å². The van der Waals surface area contributed by atoms with Crippen molar-refractivity contribution in [3.05, 3.63) is 30.1 Å². The predicted molar refractivity (Wildman–Crippen MR) is 69.3 cm³/mol. The van der Waals surface area contributed by atoms with Crippen LogP contribution in [0, 0.1) is 0 Å². The molecule has 0 saturated carbocycles. The van der Waals surface area contributed by atoms with Gasteiger partial charge in [-0.3, -0.25) is 0 Å². The second kappa shape index (κ2) is 5.37. The molecule has 1 atom stereocenters. The van der Waals surface area contributed by atoms with E-state index in [2.05, 4.69) is 10.1 Å².